The summed E-state index contributed by atoms with van der Waals surface area (Å²) >= 11 is 6.15. The summed E-state index contributed by atoms with van der Waals surface area (Å²) in [5.74, 6) is 0.910. The van der Waals surface area contributed by atoms with E-state index in [4.69, 9.17) is 16.0 Å². The highest BCUT2D eigenvalue weighted by atomic mass is 35.5. The number of amides is 1. The molecule has 0 spiro atoms. The van der Waals surface area contributed by atoms with Crippen LogP contribution in [-0.4, -0.2) is 36.5 Å². The number of hydrogen-bond acceptors (Lipinski definition) is 3. The SMILES string of the molecule is CC1CN(C(=O)c2ccc(-c3ccccc3Cl)o2)CCN1.Cl. The van der Waals surface area contributed by atoms with Gasteiger partial charge in [0.15, 0.2) is 5.76 Å². The molecule has 4 nitrogen and oxygen atoms in total. The van der Waals surface area contributed by atoms with Gasteiger partial charge in [0.25, 0.3) is 5.91 Å². The van der Waals surface area contributed by atoms with Crippen LogP contribution in [0.5, 0.6) is 0 Å². The van der Waals surface area contributed by atoms with Crippen molar-refractivity contribution in [1.29, 1.82) is 0 Å². The summed E-state index contributed by atoms with van der Waals surface area (Å²) < 4.78 is 5.70. The fraction of sp³-hybridized carbons (Fsp3) is 0.312. The van der Waals surface area contributed by atoms with Gasteiger partial charge in [-0.3, -0.25) is 4.79 Å². The van der Waals surface area contributed by atoms with Crippen molar-refractivity contribution in [2.75, 3.05) is 19.6 Å². The van der Waals surface area contributed by atoms with Gasteiger partial charge < -0.3 is 14.6 Å². The first-order chi connectivity index (χ1) is 10.1. The van der Waals surface area contributed by atoms with Gasteiger partial charge in [0.1, 0.15) is 5.76 Å². The minimum absolute atomic E-state index is 0. The van der Waals surface area contributed by atoms with Crippen molar-refractivity contribution in [2.24, 2.45) is 0 Å². The smallest absolute Gasteiger partial charge is 0.289 e. The van der Waals surface area contributed by atoms with Gasteiger partial charge >= 0.3 is 0 Å². The van der Waals surface area contributed by atoms with E-state index in [1.165, 1.54) is 0 Å². The molecule has 1 amide bonds. The summed E-state index contributed by atoms with van der Waals surface area (Å²) in [6.07, 6.45) is 0. The average molecular weight is 341 g/mol. The van der Waals surface area contributed by atoms with E-state index in [1.54, 1.807) is 18.2 Å². The van der Waals surface area contributed by atoms with Gasteiger partial charge in [-0.1, -0.05) is 23.7 Å². The minimum atomic E-state index is -0.0679. The maximum absolute atomic E-state index is 12.4. The molecule has 1 atom stereocenters. The number of benzene rings is 1. The molecule has 22 heavy (non-hydrogen) atoms. The molecule has 2 aromatic rings. The fourth-order valence-corrected chi connectivity index (χ4v) is 2.76. The van der Waals surface area contributed by atoms with E-state index < -0.39 is 0 Å². The van der Waals surface area contributed by atoms with Crippen molar-refractivity contribution in [3.05, 3.63) is 47.2 Å². The van der Waals surface area contributed by atoms with Crippen LogP contribution in [0.1, 0.15) is 17.5 Å². The lowest BCUT2D eigenvalue weighted by Crippen LogP contribution is -2.51. The van der Waals surface area contributed by atoms with Crippen LogP contribution in [0.25, 0.3) is 11.3 Å². The molecule has 1 aliphatic rings. The number of carbonyl (C=O) groups is 1. The van der Waals surface area contributed by atoms with E-state index >= 15 is 0 Å². The van der Waals surface area contributed by atoms with Gasteiger partial charge in [-0.2, -0.15) is 0 Å². The van der Waals surface area contributed by atoms with Gasteiger partial charge in [-0.15, -0.1) is 12.4 Å². The Kier molecular flexibility index (Phi) is 5.51. The zero-order valence-corrected chi connectivity index (χ0v) is 13.8. The molecule has 1 aliphatic heterocycles. The summed E-state index contributed by atoms with van der Waals surface area (Å²) in [5, 5.41) is 3.93. The Balaban J connectivity index is 0.00000176. The van der Waals surface area contributed by atoms with Crippen molar-refractivity contribution in [3.63, 3.8) is 0 Å². The molecular formula is C16H18Cl2N2O2. The highest BCUT2D eigenvalue weighted by Gasteiger charge is 2.24. The molecule has 0 bridgehead atoms. The highest BCUT2D eigenvalue weighted by Crippen LogP contribution is 2.29. The molecule has 1 unspecified atom stereocenters. The van der Waals surface area contributed by atoms with Crippen LogP contribution in [-0.2, 0) is 0 Å². The number of piperazine rings is 1. The molecule has 1 N–H and O–H groups in total. The summed E-state index contributed by atoms with van der Waals surface area (Å²) in [5.41, 5.74) is 0.798. The van der Waals surface area contributed by atoms with E-state index in [-0.39, 0.29) is 18.3 Å². The van der Waals surface area contributed by atoms with Crippen LogP contribution in [0, 0.1) is 0 Å². The Labute approximate surface area is 140 Å². The van der Waals surface area contributed by atoms with Crippen LogP contribution in [0.3, 0.4) is 0 Å². The van der Waals surface area contributed by atoms with Crippen LogP contribution < -0.4 is 5.32 Å². The summed E-state index contributed by atoms with van der Waals surface area (Å²) in [7, 11) is 0. The Morgan fingerprint density at radius 2 is 2.09 bits per heavy atom. The maximum atomic E-state index is 12.4. The van der Waals surface area contributed by atoms with E-state index in [0.29, 0.717) is 35.7 Å². The first kappa shape index (κ1) is 16.9. The predicted molar refractivity (Wildman–Crippen MR) is 89.8 cm³/mol. The topological polar surface area (TPSA) is 45.5 Å². The lowest BCUT2D eigenvalue weighted by atomic mass is 10.2. The van der Waals surface area contributed by atoms with Gasteiger partial charge in [0.2, 0.25) is 0 Å². The van der Waals surface area contributed by atoms with Gasteiger partial charge in [0, 0.05) is 31.2 Å². The van der Waals surface area contributed by atoms with E-state index in [1.807, 2.05) is 23.1 Å². The molecule has 1 aromatic heterocycles. The molecule has 118 valence electrons. The van der Waals surface area contributed by atoms with Gasteiger partial charge in [-0.25, -0.2) is 0 Å². The molecule has 6 heteroatoms. The third-order valence-corrected chi connectivity index (χ3v) is 3.94. The number of furan rings is 1. The summed E-state index contributed by atoms with van der Waals surface area (Å²) in [4.78, 5) is 14.3. The Morgan fingerprint density at radius 1 is 1.32 bits per heavy atom. The highest BCUT2D eigenvalue weighted by molar-refractivity contribution is 6.33. The first-order valence-corrected chi connectivity index (χ1v) is 7.40. The standard InChI is InChI=1S/C16H17ClN2O2.ClH/c1-11-10-19(9-8-18-11)16(20)15-7-6-14(21-15)12-4-2-3-5-13(12)17;/h2-7,11,18H,8-10H2,1H3;1H. The second-order valence-corrected chi connectivity index (χ2v) is 5.66. The molecule has 0 saturated carbocycles. The van der Waals surface area contributed by atoms with Gasteiger partial charge in [-0.05, 0) is 31.2 Å². The molecule has 0 radical (unpaired) electrons. The second kappa shape index (κ2) is 7.18. The Bertz CT molecular complexity index is 657. The molecule has 1 saturated heterocycles. The largest absolute Gasteiger partial charge is 0.451 e. The van der Waals surface area contributed by atoms with E-state index in [9.17, 15) is 4.79 Å². The first-order valence-electron chi connectivity index (χ1n) is 7.02. The maximum Gasteiger partial charge on any atom is 0.289 e. The number of nitrogens with one attached hydrogen (secondary N) is 1. The molecule has 0 aliphatic carbocycles. The summed E-state index contributed by atoms with van der Waals surface area (Å²) in [6.45, 7) is 4.27. The van der Waals surface area contributed by atoms with Crippen molar-refractivity contribution >= 4 is 29.9 Å². The normalized spacial score (nSPS) is 17.9. The molecule has 3 rings (SSSR count). The van der Waals surface area contributed by atoms with Crippen LogP contribution in [0.4, 0.5) is 0 Å². The van der Waals surface area contributed by atoms with Crippen molar-refractivity contribution < 1.29 is 9.21 Å². The third-order valence-electron chi connectivity index (χ3n) is 3.61. The van der Waals surface area contributed by atoms with Gasteiger partial charge in [0.05, 0.1) is 5.02 Å². The number of nitrogens with zero attached hydrogens (tertiary/aromatic N) is 1. The molecule has 1 fully saturated rings. The Hall–Kier alpha value is -1.49. The monoisotopic (exact) mass is 340 g/mol. The number of halogens is 2. The zero-order valence-electron chi connectivity index (χ0n) is 12.2. The zero-order chi connectivity index (χ0) is 14.8. The quantitative estimate of drug-likeness (QED) is 0.910. The number of rotatable bonds is 2. The lowest BCUT2D eigenvalue weighted by Gasteiger charge is -2.31. The lowest BCUT2D eigenvalue weighted by molar-refractivity contribution is 0.0678. The molecule has 2 heterocycles. The number of hydrogen-bond donors (Lipinski definition) is 1. The predicted octanol–water partition coefficient (Wildman–Crippen LogP) is 3.46. The second-order valence-electron chi connectivity index (χ2n) is 5.25. The third kappa shape index (κ3) is 3.46. The van der Waals surface area contributed by atoms with Crippen LogP contribution in [0.2, 0.25) is 5.02 Å². The van der Waals surface area contributed by atoms with Crippen LogP contribution in [0.15, 0.2) is 40.8 Å². The summed E-state index contributed by atoms with van der Waals surface area (Å²) in [6, 6.07) is 11.3. The van der Waals surface area contributed by atoms with Crippen LogP contribution >= 0.6 is 24.0 Å². The number of carbonyl (C=O) groups excluding carboxylic acids is 1. The van der Waals surface area contributed by atoms with Crippen molar-refractivity contribution in [1.82, 2.24) is 10.2 Å². The van der Waals surface area contributed by atoms with E-state index in [2.05, 4.69) is 12.2 Å². The molecule has 1 aromatic carbocycles. The van der Waals surface area contributed by atoms with Crippen molar-refractivity contribution in [2.45, 2.75) is 13.0 Å². The average Bonchev–Trinajstić information content (AvgIpc) is 2.96. The van der Waals surface area contributed by atoms with E-state index in [0.717, 1.165) is 12.1 Å². The fourth-order valence-electron chi connectivity index (χ4n) is 2.53. The Morgan fingerprint density at radius 3 is 2.82 bits per heavy atom. The van der Waals surface area contributed by atoms with Crippen molar-refractivity contribution in [3.8, 4) is 11.3 Å². The minimum Gasteiger partial charge on any atom is -0.451 e. The molecular weight excluding hydrogens is 323 g/mol.